The minimum Gasteiger partial charge on any atom is -0.390 e. The molecule has 0 bridgehead atoms. The summed E-state index contributed by atoms with van der Waals surface area (Å²) in [5, 5.41) is 18.3. The van der Waals surface area contributed by atoms with Crippen LogP contribution in [0.5, 0.6) is 0 Å². The van der Waals surface area contributed by atoms with Gasteiger partial charge in [-0.3, -0.25) is 9.58 Å². The average Bonchev–Trinajstić information content (AvgIpc) is 3.21. The molecule has 24 heavy (non-hydrogen) atoms. The number of benzene rings is 1. The first-order valence-corrected chi connectivity index (χ1v) is 9.18. The first kappa shape index (κ1) is 15.7. The highest BCUT2D eigenvalue weighted by molar-refractivity contribution is 7.18. The van der Waals surface area contributed by atoms with E-state index < -0.39 is 0 Å². The smallest absolute Gasteiger partial charge is 0.108 e. The molecular formula is C17H21N5OS. The zero-order chi connectivity index (χ0) is 16.4. The summed E-state index contributed by atoms with van der Waals surface area (Å²) in [6.45, 7) is 3.93. The number of hydrogen-bond acceptors (Lipinski definition) is 6. The number of piperidine rings is 1. The van der Waals surface area contributed by atoms with Crippen LogP contribution in [0.25, 0.3) is 10.2 Å². The SMILES string of the molecule is OCc1cn(CC2CCCN(Cc3nc4ccccc4s3)C2)nn1. The fourth-order valence-corrected chi connectivity index (χ4v) is 4.40. The zero-order valence-corrected chi connectivity index (χ0v) is 14.3. The molecule has 7 heteroatoms. The maximum Gasteiger partial charge on any atom is 0.108 e. The predicted molar refractivity (Wildman–Crippen MR) is 93.6 cm³/mol. The number of aliphatic hydroxyl groups is 1. The molecule has 3 heterocycles. The zero-order valence-electron chi connectivity index (χ0n) is 13.5. The summed E-state index contributed by atoms with van der Waals surface area (Å²) in [4.78, 5) is 7.25. The predicted octanol–water partition coefficient (Wildman–Crippen LogP) is 2.29. The summed E-state index contributed by atoms with van der Waals surface area (Å²) in [7, 11) is 0. The second-order valence-corrected chi connectivity index (χ2v) is 7.52. The highest BCUT2D eigenvalue weighted by atomic mass is 32.1. The van der Waals surface area contributed by atoms with Crippen LogP contribution in [-0.4, -0.2) is 43.1 Å². The van der Waals surface area contributed by atoms with Gasteiger partial charge in [-0.2, -0.15) is 0 Å². The van der Waals surface area contributed by atoms with E-state index in [9.17, 15) is 0 Å². The van der Waals surface area contributed by atoms with Crippen molar-refractivity contribution in [2.24, 2.45) is 5.92 Å². The molecule has 1 aromatic carbocycles. The van der Waals surface area contributed by atoms with E-state index >= 15 is 0 Å². The van der Waals surface area contributed by atoms with E-state index in [0.29, 0.717) is 11.6 Å². The summed E-state index contributed by atoms with van der Waals surface area (Å²) in [6.07, 6.45) is 4.26. The van der Waals surface area contributed by atoms with Crippen molar-refractivity contribution < 1.29 is 5.11 Å². The average molecular weight is 343 g/mol. The lowest BCUT2D eigenvalue weighted by atomic mass is 9.98. The van der Waals surface area contributed by atoms with Gasteiger partial charge in [0.15, 0.2) is 0 Å². The number of aliphatic hydroxyl groups excluding tert-OH is 1. The largest absolute Gasteiger partial charge is 0.390 e. The number of thiazole rings is 1. The number of hydrogen-bond donors (Lipinski definition) is 1. The Labute approximate surface area is 144 Å². The first-order chi connectivity index (χ1) is 11.8. The van der Waals surface area contributed by atoms with E-state index in [4.69, 9.17) is 10.1 Å². The molecule has 2 aromatic heterocycles. The maximum atomic E-state index is 9.09. The second kappa shape index (κ2) is 6.96. The van der Waals surface area contributed by atoms with E-state index in [0.717, 1.165) is 31.7 Å². The first-order valence-electron chi connectivity index (χ1n) is 8.37. The van der Waals surface area contributed by atoms with Gasteiger partial charge in [-0.15, -0.1) is 16.4 Å². The Kier molecular flexibility index (Phi) is 4.55. The standard InChI is InChI=1S/C17H21N5OS/c23-12-14-10-22(20-19-14)9-13-4-3-7-21(8-13)11-17-18-15-5-1-2-6-16(15)24-17/h1-2,5-6,10,13,23H,3-4,7-9,11-12H2. The molecule has 1 fully saturated rings. The van der Waals surface area contributed by atoms with Crippen LogP contribution in [0.1, 0.15) is 23.5 Å². The normalized spacial score (nSPS) is 19.1. The van der Waals surface area contributed by atoms with Crippen LogP contribution in [-0.2, 0) is 19.7 Å². The Morgan fingerprint density at radius 2 is 2.21 bits per heavy atom. The van der Waals surface area contributed by atoms with Gasteiger partial charge in [0, 0.05) is 13.1 Å². The van der Waals surface area contributed by atoms with Gasteiger partial charge >= 0.3 is 0 Å². The van der Waals surface area contributed by atoms with E-state index in [1.54, 1.807) is 11.3 Å². The number of para-hydroxylation sites is 1. The highest BCUT2D eigenvalue weighted by Crippen LogP contribution is 2.25. The molecule has 6 nitrogen and oxygen atoms in total. The molecule has 1 N–H and O–H groups in total. The fourth-order valence-electron chi connectivity index (χ4n) is 3.39. The molecule has 1 atom stereocenters. The summed E-state index contributed by atoms with van der Waals surface area (Å²) < 4.78 is 3.12. The Morgan fingerprint density at radius 1 is 1.29 bits per heavy atom. The van der Waals surface area contributed by atoms with Gasteiger partial charge < -0.3 is 5.11 Å². The van der Waals surface area contributed by atoms with Gasteiger partial charge in [-0.05, 0) is 37.4 Å². The topological polar surface area (TPSA) is 67.1 Å². The Balaban J connectivity index is 1.39. The third-order valence-electron chi connectivity index (χ3n) is 4.49. The van der Waals surface area contributed by atoms with Crippen LogP contribution in [0.15, 0.2) is 30.5 Å². The van der Waals surface area contributed by atoms with Crippen LogP contribution in [0.3, 0.4) is 0 Å². The number of rotatable bonds is 5. The molecular weight excluding hydrogens is 322 g/mol. The summed E-state index contributed by atoms with van der Waals surface area (Å²) in [6, 6.07) is 8.33. The highest BCUT2D eigenvalue weighted by Gasteiger charge is 2.21. The van der Waals surface area contributed by atoms with Crippen LogP contribution in [0.4, 0.5) is 0 Å². The van der Waals surface area contributed by atoms with Crippen molar-refractivity contribution in [3.8, 4) is 0 Å². The maximum absolute atomic E-state index is 9.09. The van der Waals surface area contributed by atoms with Gasteiger partial charge in [0.05, 0.1) is 29.6 Å². The molecule has 0 aliphatic carbocycles. The lowest BCUT2D eigenvalue weighted by Gasteiger charge is -2.31. The second-order valence-electron chi connectivity index (χ2n) is 6.41. The van der Waals surface area contributed by atoms with Crippen molar-refractivity contribution in [1.82, 2.24) is 24.9 Å². The molecule has 126 valence electrons. The van der Waals surface area contributed by atoms with E-state index in [-0.39, 0.29) is 6.61 Å². The number of likely N-dealkylation sites (tertiary alicyclic amines) is 1. The van der Waals surface area contributed by atoms with Crippen molar-refractivity contribution in [3.63, 3.8) is 0 Å². The summed E-state index contributed by atoms with van der Waals surface area (Å²) in [5.74, 6) is 0.571. The number of aromatic nitrogens is 4. The van der Waals surface area contributed by atoms with Crippen LogP contribution < -0.4 is 0 Å². The lowest BCUT2D eigenvalue weighted by Crippen LogP contribution is -2.36. The molecule has 1 saturated heterocycles. The summed E-state index contributed by atoms with van der Waals surface area (Å²) in [5.41, 5.74) is 1.74. The molecule has 1 unspecified atom stereocenters. The Hall–Kier alpha value is -1.83. The molecule has 1 aliphatic heterocycles. The third-order valence-corrected chi connectivity index (χ3v) is 5.51. The van der Waals surface area contributed by atoms with Gasteiger partial charge in [0.1, 0.15) is 10.7 Å². The monoisotopic (exact) mass is 343 g/mol. The van der Waals surface area contributed by atoms with Crippen LogP contribution >= 0.6 is 11.3 Å². The Bertz CT molecular complexity index is 781. The van der Waals surface area contributed by atoms with Crippen LogP contribution in [0.2, 0.25) is 0 Å². The minimum absolute atomic E-state index is 0.0472. The molecule has 0 spiro atoms. The van der Waals surface area contributed by atoms with Gasteiger partial charge in [0.2, 0.25) is 0 Å². The molecule has 0 saturated carbocycles. The lowest BCUT2D eigenvalue weighted by molar-refractivity contribution is 0.152. The number of nitrogens with zero attached hydrogens (tertiary/aromatic N) is 5. The Morgan fingerprint density at radius 3 is 3.04 bits per heavy atom. The van der Waals surface area contributed by atoms with Crippen molar-refractivity contribution in [3.05, 3.63) is 41.2 Å². The van der Waals surface area contributed by atoms with Crippen molar-refractivity contribution >= 4 is 21.6 Å². The van der Waals surface area contributed by atoms with E-state index in [1.165, 1.54) is 22.5 Å². The summed E-state index contributed by atoms with van der Waals surface area (Å²) >= 11 is 1.79. The third kappa shape index (κ3) is 3.48. The molecule has 3 aromatic rings. The van der Waals surface area contributed by atoms with E-state index in [2.05, 4.69) is 33.4 Å². The minimum atomic E-state index is -0.0472. The van der Waals surface area contributed by atoms with E-state index in [1.807, 2.05) is 16.9 Å². The molecule has 0 radical (unpaired) electrons. The van der Waals surface area contributed by atoms with Gasteiger partial charge in [0.25, 0.3) is 0 Å². The van der Waals surface area contributed by atoms with Crippen molar-refractivity contribution in [2.75, 3.05) is 13.1 Å². The number of fused-ring (bicyclic) bond motifs is 1. The molecule has 1 aliphatic rings. The fraction of sp³-hybridized carbons (Fsp3) is 0.471. The van der Waals surface area contributed by atoms with Gasteiger partial charge in [-0.1, -0.05) is 17.3 Å². The molecule has 4 rings (SSSR count). The van der Waals surface area contributed by atoms with Crippen molar-refractivity contribution in [2.45, 2.75) is 32.5 Å². The quantitative estimate of drug-likeness (QED) is 0.770. The molecule has 0 amide bonds. The van der Waals surface area contributed by atoms with Crippen molar-refractivity contribution in [1.29, 1.82) is 0 Å². The van der Waals surface area contributed by atoms with Gasteiger partial charge in [-0.25, -0.2) is 4.98 Å². The van der Waals surface area contributed by atoms with Crippen LogP contribution in [0, 0.1) is 5.92 Å².